The van der Waals surface area contributed by atoms with Crippen molar-refractivity contribution >= 4 is 53.9 Å². The molecule has 0 bridgehead atoms. The Bertz CT molecular complexity index is 1930. The van der Waals surface area contributed by atoms with Crippen molar-refractivity contribution in [2.45, 2.75) is 41.5 Å². The lowest BCUT2D eigenvalue weighted by Crippen LogP contribution is -2.47. The predicted octanol–water partition coefficient (Wildman–Crippen LogP) is 4.18. The van der Waals surface area contributed by atoms with Crippen LogP contribution < -0.4 is 15.8 Å². The van der Waals surface area contributed by atoms with E-state index in [9.17, 15) is 21.6 Å². The van der Waals surface area contributed by atoms with Crippen LogP contribution in [0.1, 0.15) is 50.1 Å². The zero-order chi connectivity index (χ0) is 34.5. The smallest absolute Gasteiger partial charge is 0.350 e. The first-order valence-corrected chi connectivity index (χ1v) is 16.4. The number of carbonyl (C=O) groups excluding carboxylic acids is 2. The summed E-state index contributed by atoms with van der Waals surface area (Å²) < 4.78 is 49.0. The molecule has 13 nitrogen and oxygen atoms in total. The summed E-state index contributed by atoms with van der Waals surface area (Å²) in [7, 11) is -3.55. The summed E-state index contributed by atoms with van der Waals surface area (Å²) in [5.41, 5.74) is 14.3. The normalized spacial score (nSPS) is 12.7. The van der Waals surface area contributed by atoms with Crippen molar-refractivity contribution in [2.75, 3.05) is 0 Å². The molecular weight excluding hydrogens is 642 g/mol. The van der Waals surface area contributed by atoms with Gasteiger partial charge in [-0.1, -0.05) is 34.7 Å². The Morgan fingerprint density at radius 1 is 0.911 bits per heavy atom. The molecule has 45 heavy (non-hydrogen) atoms. The van der Waals surface area contributed by atoms with Crippen LogP contribution in [0.15, 0.2) is 63.4 Å². The van der Waals surface area contributed by atoms with Gasteiger partial charge in [-0.05, 0) is 99.2 Å². The number of rotatable bonds is 3. The Balaban J connectivity index is 0.000000317. The van der Waals surface area contributed by atoms with Crippen LogP contribution in [0.5, 0.6) is 0 Å². The van der Waals surface area contributed by atoms with Crippen LogP contribution in [0.25, 0.3) is 0 Å². The average Bonchev–Trinajstić information content (AvgIpc) is 2.92. The van der Waals surface area contributed by atoms with Gasteiger partial charge in [-0.25, -0.2) is 14.3 Å². The molecule has 0 aliphatic carbocycles. The van der Waals surface area contributed by atoms with E-state index < -0.39 is 25.5 Å². The number of carbonyl (C=O) groups is 1. The number of hydrogen-bond acceptors (Lipinski definition) is 8. The number of nitrogens with two attached hydrogens (primary N) is 1. The molecule has 4 rings (SSSR count). The highest BCUT2D eigenvalue weighted by Gasteiger charge is 2.23. The third-order valence-corrected chi connectivity index (χ3v) is 7.41. The molecule has 0 aromatic heterocycles. The van der Waals surface area contributed by atoms with Crippen molar-refractivity contribution in [1.82, 2.24) is 10.0 Å². The summed E-state index contributed by atoms with van der Waals surface area (Å²) in [6.07, 6.45) is 0.763. The molecule has 0 saturated carbocycles. The van der Waals surface area contributed by atoms with E-state index in [0.717, 1.165) is 28.3 Å². The van der Waals surface area contributed by atoms with Gasteiger partial charge < -0.3 is 5.73 Å². The Morgan fingerprint density at radius 2 is 1.42 bits per heavy atom. The zero-order valence-electron chi connectivity index (χ0n) is 25.3. The molecule has 0 unspecified atom stereocenters. The third-order valence-electron chi connectivity index (χ3n) is 6.05. The predicted molar refractivity (Wildman–Crippen MR) is 173 cm³/mol. The fourth-order valence-corrected chi connectivity index (χ4v) is 4.09. The second kappa shape index (κ2) is 16.8. The maximum atomic E-state index is 11.2. The first-order chi connectivity index (χ1) is 20.8. The molecular formula is C29H32ClN7O6S2. The molecule has 1 aliphatic heterocycles. The monoisotopic (exact) mass is 673 g/mol. The molecule has 0 fully saturated rings. The van der Waals surface area contributed by atoms with E-state index in [2.05, 4.69) is 30.9 Å². The Labute approximate surface area is 267 Å². The van der Waals surface area contributed by atoms with Crippen molar-refractivity contribution in [2.24, 2.45) is 14.5 Å². The van der Waals surface area contributed by atoms with E-state index in [-0.39, 0.29) is 11.7 Å². The Morgan fingerprint density at radius 3 is 1.82 bits per heavy atom. The van der Waals surface area contributed by atoms with Crippen LogP contribution in [0.4, 0.5) is 4.79 Å². The van der Waals surface area contributed by atoms with Gasteiger partial charge in [0.1, 0.15) is 5.84 Å². The SMILES string of the molecule is Cc1ccc(C#N)cc1C.Cc1ccc(C(=N)N)cc1C.Cc1ccc(C2=NS(=O)(=O)NC(=O)N2)cc1C.O=C=NS(=O)(=O)Cl. The summed E-state index contributed by atoms with van der Waals surface area (Å²) in [6.45, 7) is 11.9. The fraction of sp³-hybridized carbons (Fsp3) is 0.207. The lowest BCUT2D eigenvalue weighted by molar-refractivity contribution is 0.249. The van der Waals surface area contributed by atoms with Gasteiger partial charge in [0, 0.05) is 21.8 Å². The molecule has 0 saturated heterocycles. The summed E-state index contributed by atoms with van der Waals surface area (Å²) in [5, 5.41) is 18.0. The van der Waals surface area contributed by atoms with E-state index in [1.165, 1.54) is 22.3 Å². The molecule has 1 heterocycles. The number of amidine groups is 2. The minimum Gasteiger partial charge on any atom is -0.384 e. The van der Waals surface area contributed by atoms with Gasteiger partial charge >= 0.3 is 25.5 Å². The van der Waals surface area contributed by atoms with Crippen molar-refractivity contribution in [1.29, 1.82) is 10.7 Å². The van der Waals surface area contributed by atoms with Gasteiger partial charge in [-0.15, -0.1) is 4.40 Å². The third kappa shape index (κ3) is 14.0. The highest BCUT2D eigenvalue weighted by atomic mass is 35.7. The molecule has 0 spiro atoms. The number of isocyanates is 1. The molecule has 1 aliphatic rings. The van der Waals surface area contributed by atoms with Crippen LogP contribution in [0.2, 0.25) is 0 Å². The van der Waals surface area contributed by atoms with Crippen molar-refractivity contribution in [3.8, 4) is 6.07 Å². The molecule has 2 amide bonds. The lowest BCUT2D eigenvalue weighted by Gasteiger charge is -2.15. The number of aryl methyl sites for hydroxylation is 6. The lowest BCUT2D eigenvalue weighted by atomic mass is 10.1. The second-order valence-corrected chi connectivity index (χ2v) is 13.0. The standard InChI is InChI=1S/C10H11N3O3S.C9H12N2.C9H9N.CClNO3S/c1-6-3-4-8(5-7(6)2)9-11-10(14)13-17(15,16)12-9;1-6-3-4-8(9(10)11)5-7(6)2;1-7-3-4-9(6-10)5-8(7)2;2-7(5,6)3-1-4/h3-5H,1-2H3,(H2,11,12,13,14);3-5H,1-2H3,(H3,10,11);3-5H,1-2H3;. The molecule has 0 atom stereocenters. The molecule has 3 aromatic carbocycles. The van der Waals surface area contributed by atoms with E-state index >= 15 is 0 Å². The first kappa shape index (κ1) is 38.2. The second-order valence-electron chi connectivity index (χ2n) is 9.49. The van der Waals surface area contributed by atoms with Crippen molar-refractivity contribution in [3.05, 3.63) is 105 Å². The largest absolute Gasteiger partial charge is 0.384 e. The topological polar surface area (TPSA) is 225 Å². The highest BCUT2D eigenvalue weighted by molar-refractivity contribution is 8.12. The van der Waals surface area contributed by atoms with Crippen LogP contribution in [0, 0.1) is 58.3 Å². The molecule has 0 radical (unpaired) electrons. The van der Waals surface area contributed by atoms with E-state index in [1.54, 1.807) is 16.9 Å². The maximum absolute atomic E-state index is 11.2. The minimum absolute atomic E-state index is 0.0388. The van der Waals surface area contributed by atoms with Gasteiger partial charge in [0.2, 0.25) is 0 Å². The molecule has 3 aromatic rings. The number of nitriles is 1. The maximum Gasteiger partial charge on any atom is 0.350 e. The number of benzene rings is 3. The van der Waals surface area contributed by atoms with E-state index in [1.807, 2.05) is 84.0 Å². The van der Waals surface area contributed by atoms with Gasteiger partial charge in [0.15, 0.2) is 5.84 Å². The first-order valence-electron chi connectivity index (χ1n) is 12.7. The van der Waals surface area contributed by atoms with Crippen LogP contribution in [-0.4, -0.2) is 40.6 Å². The van der Waals surface area contributed by atoms with Gasteiger partial charge in [0.05, 0.1) is 11.6 Å². The number of nitrogens with one attached hydrogen (secondary N) is 3. The summed E-state index contributed by atoms with van der Waals surface area (Å²) in [5.74, 6) is 0.171. The molecule has 5 N–H and O–H groups in total. The summed E-state index contributed by atoms with van der Waals surface area (Å²) in [6, 6.07) is 18.1. The number of urea groups is 1. The van der Waals surface area contributed by atoms with Gasteiger partial charge in [0.25, 0.3) is 6.08 Å². The van der Waals surface area contributed by atoms with Crippen LogP contribution >= 0.6 is 10.7 Å². The Kier molecular flexibility index (Phi) is 14.3. The number of nitrogen functional groups attached to an aromatic ring is 1. The minimum atomic E-state index is -4.00. The van der Waals surface area contributed by atoms with Crippen molar-refractivity contribution in [3.63, 3.8) is 0 Å². The average molecular weight is 674 g/mol. The molecule has 238 valence electrons. The zero-order valence-corrected chi connectivity index (χ0v) is 27.6. The van der Waals surface area contributed by atoms with E-state index in [0.29, 0.717) is 5.56 Å². The number of halogens is 1. The van der Waals surface area contributed by atoms with Gasteiger partial charge in [-0.2, -0.15) is 22.1 Å². The highest BCUT2D eigenvalue weighted by Crippen LogP contribution is 2.12. The summed E-state index contributed by atoms with van der Waals surface area (Å²) >= 11 is 0. The van der Waals surface area contributed by atoms with Gasteiger partial charge in [-0.3, -0.25) is 10.7 Å². The summed E-state index contributed by atoms with van der Waals surface area (Å²) in [4.78, 5) is 20.2. The number of nitrogens with zero attached hydrogens (tertiary/aromatic N) is 3. The van der Waals surface area contributed by atoms with E-state index in [4.69, 9.17) is 21.2 Å². The fourth-order valence-electron chi connectivity index (χ4n) is 3.19. The quantitative estimate of drug-likeness (QED) is 0.136. The molecule has 16 heteroatoms. The number of amides is 2. The van der Waals surface area contributed by atoms with Crippen molar-refractivity contribution < 1.29 is 26.4 Å². The number of hydrogen-bond donors (Lipinski definition) is 4. The van der Waals surface area contributed by atoms with Crippen LogP contribution in [-0.2, 0) is 24.2 Å². The Hall–Kier alpha value is -4.87. The van der Waals surface area contributed by atoms with Crippen LogP contribution in [0.3, 0.4) is 0 Å².